The van der Waals surface area contributed by atoms with Crippen LogP contribution in [0.2, 0.25) is 0 Å². The van der Waals surface area contributed by atoms with Crippen LogP contribution in [-0.4, -0.2) is 103 Å². The van der Waals surface area contributed by atoms with Crippen LogP contribution in [0, 0.1) is 50.7 Å². The number of hydrogen-bond donors (Lipinski definition) is 8. The summed E-state index contributed by atoms with van der Waals surface area (Å²) in [7, 11) is 0. The van der Waals surface area contributed by atoms with E-state index in [2.05, 4.69) is 40.3 Å². The fourth-order valence-electron chi connectivity index (χ4n) is 12.5. The van der Waals surface area contributed by atoms with Gasteiger partial charge in [0.15, 0.2) is 0 Å². The number of hydrogen-bond acceptors (Lipinski definition) is 10. The number of aliphatic hydroxyl groups is 8. The molecule has 5 fully saturated rings. The molecule has 0 aromatic heterocycles. The van der Waals surface area contributed by atoms with E-state index in [9.17, 15) is 40.9 Å². The van der Waals surface area contributed by atoms with Crippen molar-refractivity contribution in [3.05, 3.63) is 24.0 Å². The molecule has 4 saturated carbocycles. The zero-order valence-electron chi connectivity index (χ0n) is 29.1. The highest BCUT2D eigenvalue weighted by atomic mass is 16.7. The van der Waals surface area contributed by atoms with E-state index >= 15 is 0 Å². The van der Waals surface area contributed by atoms with Crippen LogP contribution < -0.4 is 0 Å². The van der Waals surface area contributed by atoms with Crippen LogP contribution in [0.3, 0.4) is 0 Å². The molecular formula is C37H60O10. The lowest BCUT2D eigenvalue weighted by molar-refractivity contribution is -0.298. The van der Waals surface area contributed by atoms with Gasteiger partial charge in [-0.25, -0.2) is 0 Å². The topological polar surface area (TPSA) is 180 Å². The van der Waals surface area contributed by atoms with Crippen LogP contribution in [-0.2, 0) is 9.47 Å². The van der Waals surface area contributed by atoms with Gasteiger partial charge in [-0.15, -0.1) is 0 Å². The molecule has 17 atom stereocenters. The van der Waals surface area contributed by atoms with E-state index in [4.69, 9.17) is 9.47 Å². The van der Waals surface area contributed by atoms with E-state index in [0.29, 0.717) is 25.0 Å². The number of ether oxygens (including phenoxy) is 2. The third-order valence-electron chi connectivity index (χ3n) is 15.8. The van der Waals surface area contributed by atoms with Crippen molar-refractivity contribution in [2.45, 2.75) is 141 Å². The molecule has 1 aliphatic heterocycles. The highest BCUT2D eigenvalue weighted by Gasteiger charge is 2.72. The molecule has 0 amide bonds. The lowest BCUT2D eigenvalue weighted by Gasteiger charge is -2.72. The molecule has 1 heterocycles. The second kappa shape index (κ2) is 11.5. The predicted octanol–water partition coefficient (Wildman–Crippen LogP) is 2.39. The summed E-state index contributed by atoms with van der Waals surface area (Å²) in [5, 5.41) is 86.7. The molecule has 5 aliphatic carbocycles. The van der Waals surface area contributed by atoms with Crippen molar-refractivity contribution in [1.29, 1.82) is 0 Å². The Morgan fingerprint density at radius 2 is 1.60 bits per heavy atom. The van der Waals surface area contributed by atoms with Gasteiger partial charge in [-0.05, 0) is 92.3 Å². The summed E-state index contributed by atoms with van der Waals surface area (Å²) >= 11 is 0. The minimum Gasteiger partial charge on any atom is -0.466 e. The molecule has 6 aliphatic rings. The van der Waals surface area contributed by atoms with Crippen molar-refractivity contribution in [2.75, 3.05) is 13.2 Å². The first kappa shape index (κ1) is 35.7. The van der Waals surface area contributed by atoms with Crippen molar-refractivity contribution in [2.24, 2.45) is 50.7 Å². The van der Waals surface area contributed by atoms with E-state index in [-0.39, 0.29) is 46.5 Å². The first-order chi connectivity index (χ1) is 21.8. The smallest absolute Gasteiger partial charge is 0.228 e. The Balaban J connectivity index is 1.40. The largest absolute Gasteiger partial charge is 0.466 e. The first-order valence-electron chi connectivity index (χ1n) is 17.9. The molecule has 8 N–H and O–H groups in total. The van der Waals surface area contributed by atoms with Crippen LogP contribution in [0.4, 0.5) is 0 Å². The normalized spacial score (nSPS) is 57.5. The van der Waals surface area contributed by atoms with Crippen LogP contribution in [0.15, 0.2) is 24.0 Å². The van der Waals surface area contributed by atoms with Gasteiger partial charge in [0.25, 0.3) is 0 Å². The van der Waals surface area contributed by atoms with E-state index in [1.165, 1.54) is 5.57 Å². The summed E-state index contributed by atoms with van der Waals surface area (Å²) in [5.74, 6) is 0.236. The number of allylic oxidation sites excluding steroid dienone is 2. The second-order valence-electron chi connectivity index (χ2n) is 17.7. The maximum atomic E-state index is 12.5. The summed E-state index contributed by atoms with van der Waals surface area (Å²) in [6.07, 6.45) is -0.809. The average molecular weight is 665 g/mol. The van der Waals surface area contributed by atoms with Crippen molar-refractivity contribution >= 4 is 0 Å². The molecule has 8 unspecified atom stereocenters. The summed E-state index contributed by atoms with van der Waals surface area (Å²) in [4.78, 5) is 0. The molecule has 10 nitrogen and oxygen atoms in total. The summed E-state index contributed by atoms with van der Waals surface area (Å²) in [5.41, 5.74) is -2.23. The lowest BCUT2D eigenvalue weighted by Crippen LogP contribution is -2.69. The minimum atomic E-state index is -1.57. The van der Waals surface area contributed by atoms with Crippen molar-refractivity contribution in [3.8, 4) is 0 Å². The zero-order chi connectivity index (χ0) is 34.7. The maximum absolute atomic E-state index is 12.5. The standard InChI is InChI=1S/C37H60O10/c1-19-10-13-37(20(2)46-31-28(43)27(42)26(41)23(17-38)47-31)15-14-34(5)21(29(37)36(19,7)45)8-9-25-32(3)16-22(40)30(44)33(4,18-39)24(32)11-12-35(25,34)6/h8,19,22-31,38-45H,2,9-18H2,1,3-7H3/t19-,22-,23?,24?,25?,26?,27?,28?,29?,30+,31?,32+,33+,34-,35-,36-,37-/m1/s1. The molecule has 0 aromatic rings. The monoisotopic (exact) mass is 664 g/mol. The van der Waals surface area contributed by atoms with Gasteiger partial charge in [0, 0.05) is 16.7 Å². The quantitative estimate of drug-likeness (QED) is 0.161. The van der Waals surface area contributed by atoms with Crippen LogP contribution in [0.5, 0.6) is 0 Å². The average Bonchev–Trinajstić information content (AvgIpc) is 3.02. The van der Waals surface area contributed by atoms with Gasteiger partial charge in [-0.2, -0.15) is 0 Å². The molecule has 6 rings (SSSR count). The lowest BCUT2D eigenvalue weighted by atomic mass is 9.32. The highest BCUT2D eigenvalue weighted by molar-refractivity contribution is 5.38. The minimum absolute atomic E-state index is 0.0111. The van der Waals surface area contributed by atoms with Crippen LogP contribution in [0.1, 0.15) is 92.9 Å². The Kier molecular flexibility index (Phi) is 8.72. The van der Waals surface area contributed by atoms with Gasteiger partial charge >= 0.3 is 0 Å². The van der Waals surface area contributed by atoms with Gasteiger partial charge in [-0.1, -0.05) is 52.8 Å². The van der Waals surface area contributed by atoms with E-state index < -0.39 is 66.0 Å². The molecule has 10 heteroatoms. The summed E-state index contributed by atoms with van der Waals surface area (Å²) < 4.78 is 12.0. The second-order valence-corrected chi connectivity index (χ2v) is 17.7. The van der Waals surface area contributed by atoms with E-state index in [0.717, 1.165) is 32.1 Å². The number of aliphatic hydroxyl groups excluding tert-OH is 7. The van der Waals surface area contributed by atoms with Crippen molar-refractivity contribution in [3.63, 3.8) is 0 Å². The van der Waals surface area contributed by atoms with Gasteiger partial charge < -0.3 is 50.3 Å². The van der Waals surface area contributed by atoms with E-state index in [1.807, 2.05) is 13.8 Å². The number of fused-ring (bicyclic) bond motifs is 7. The Morgan fingerprint density at radius 1 is 0.915 bits per heavy atom. The van der Waals surface area contributed by atoms with E-state index in [1.54, 1.807) is 0 Å². The van der Waals surface area contributed by atoms with Crippen LogP contribution in [0.25, 0.3) is 0 Å². The molecular weight excluding hydrogens is 604 g/mol. The number of rotatable bonds is 5. The van der Waals surface area contributed by atoms with Crippen molar-refractivity contribution < 1.29 is 50.3 Å². The van der Waals surface area contributed by atoms with Gasteiger partial charge in [-0.3, -0.25) is 0 Å². The summed E-state index contributed by atoms with van der Waals surface area (Å²) in [6.45, 7) is 16.6. The fraction of sp³-hybridized carbons (Fsp3) is 0.892. The third-order valence-corrected chi connectivity index (χ3v) is 15.8. The summed E-state index contributed by atoms with van der Waals surface area (Å²) in [6, 6.07) is 0. The molecule has 47 heavy (non-hydrogen) atoms. The van der Waals surface area contributed by atoms with Gasteiger partial charge in [0.05, 0.1) is 36.8 Å². The Hall–Kier alpha value is -1.08. The van der Waals surface area contributed by atoms with Gasteiger partial charge in [0.1, 0.15) is 24.4 Å². The van der Waals surface area contributed by atoms with Crippen LogP contribution >= 0.6 is 0 Å². The molecule has 0 radical (unpaired) electrons. The van der Waals surface area contributed by atoms with Crippen molar-refractivity contribution in [1.82, 2.24) is 0 Å². The molecule has 1 saturated heterocycles. The fourth-order valence-corrected chi connectivity index (χ4v) is 12.5. The maximum Gasteiger partial charge on any atom is 0.228 e. The zero-order valence-corrected chi connectivity index (χ0v) is 29.1. The Bertz CT molecular complexity index is 1270. The predicted molar refractivity (Wildman–Crippen MR) is 173 cm³/mol. The van der Waals surface area contributed by atoms with Gasteiger partial charge in [0.2, 0.25) is 6.29 Å². The molecule has 0 spiro atoms. The first-order valence-corrected chi connectivity index (χ1v) is 17.9. The Labute approximate surface area is 279 Å². The molecule has 0 bridgehead atoms. The molecule has 0 aromatic carbocycles. The SMILES string of the molecule is C=C(OC1OC(CO)C(O)C(O)C1O)[C@]12CC[C@@H](C)[C@@](C)(O)C1C1=CCC3[C@@]4(C)C[C@@H](O)[C@H](O)[C@@](C)(CO)C4CC[C@@]3(C)[C@]1(C)CC2. The Morgan fingerprint density at radius 3 is 2.23 bits per heavy atom. The highest BCUT2D eigenvalue weighted by Crippen LogP contribution is 2.76. The third kappa shape index (κ3) is 4.61. The molecule has 268 valence electrons.